The molecule has 1 aliphatic carbocycles. The third-order valence-electron chi connectivity index (χ3n) is 6.37. The molecule has 2 aromatic rings. The number of rotatable bonds is 3. The molecule has 170 valence electrons. The lowest BCUT2D eigenvalue weighted by Crippen LogP contribution is -2.39. The third-order valence-corrected chi connectivity index (χ3v) is 6.37. The number of aromatic nitrogens is 1. The second-order valence-corrected chi connectivity index (χ2v) is 9.72. The minimum atomic E-state index is -0.510. The van der Waals surface area contributed by atoms with Gasteiger partial charge in [0.05, 0.1) is 0 Å². The Bertz CT molecular complexity index is 1240. The van der Waals surface area contributed by atoms with Gasteiger partial charge in [0.1, 0.15) is 5.82 Å². The second-order valence-electron chi connectivity index (χ2n) is 9.72. The van der Waals surface area contributed by atoms with Crippen molar-refractivity contribution < 1.29 is 19.1 Å². The number of dihydropyridines is 1. The van der Waals surface area contributed by atoms with Crippen molar-refractivity contribution in [2.24, 2.45) is 5.41 Å². The molecule has 2 N–H and O–H groups in total. The van der Waals surface area contributed by atoms with Crippen LogP contribution in [0.3, 0.4) is 0 Å². The van der Waals surface area contributed by atoms with E-state index >= 15 is 0 Å². The number of hydrogen-bond acceptors (Lipinski definition) is 6. The van der Waals surface area contributed by atoms with Crippen molar-refractivity contribution in [2.45, 2.75) is 46.5 Å². The molecule has 7 nitrogen and oxygen atoms in total. The van der Waals surface area contributed by atoms with E-state index in [1.54, 1.807) is 6.20 Å². The van der Waals surface area contributed by atoms with E-state index in [1.807, 2.05) is 44.2 Å². The molecule has 0 bridgehead atoms. The molecule has 0 fully saturated rings. The van der Waals surface area contributed by atoms with Crippen LogP contribution in [-0.2, 0) is 9.59 Å². The molecule has 0 saturated heterocycles. The van der Waals surface area contributed by atoms with E-state index in [0.717, 1.165) is 28.9 Å². The molecule has 3 aliphatic rings. The SMILES string of the molecule is CC1=C(C(=O)Nc2cc(C)ccn2)[C@@H](c2ccc3c(c2)OCO3)C2=C(CC(C)(C)CC2=O)N1. The lowest BCUT2D eigenvalue weighted by molar-refractivity contribution is -0.118. The van der Waals surface area contributed by atoms with Gasteiger partial charge >= 0.3 is 0 Å². The van der Waals surface area contributed by atoms with Gasteiger partial charge in [-0.05, 0) is 61.1 Å². The maximum atomic E-state index is 13.6. The third kappa shape index (κ3) is 3.88. The van der Waals surface area contributed by atoms with Gasteiger partial charge in [-0.1, -0.05) is 19.9 Å². The van der Waals surface area contributed by atoms with Crippen LogP contribution in [0, 0.1) is 12.3 Å². The first-order chi connectivity index (χ1) is 15.7. The normalized spacial score (nSPS) is 21.0. The van der Waals surface area contributed by atoms with Crippen LogP contribution < -0.4 is 20.1 Å². The number of fused-ring (bicyclic) bond motifs is 1. The topological polar surface area (TPSA) is 89.6 Å². The van der Waals surface area contributed by atoms with Crippen molar-refractivity contribution in [3.8, 4) is 11.5 Å². The molecule has 0 radical (unpaired) electrons. The van der Waals surface area contributed by atoms with E-state index < -0.39 is 5.92 Å². The number of anilines is 1. The predicted octanol–water partition coefficient (Wildman–Crippen LogP) is 4.36. The van der Waals surface area contributed by atoms with Gasteiger partial charge in [0.2, 0.25) is 6.79 Å². The fraction of sp³-hybridized carbons (Fsp3) is 0.346. The molecule has 33 heavy (non-hydrogen) atoms. The molecule has 1 aromatic carbocycles. The van der Waals surface area contributed by atoms with Crippen molar-refractivity contribution in [2.75, 3.05) is 12.1 Å². The Morgan fingerprint density at radius 3 is 2.70 bits per heavy atom. The number of Topliss-reactive ketones (excluding diaryl/α,β-unsaturated/α-hetero) is 1. The number of nitrogens with one attached hydrogen (secondary N) is 2. The number of carbonyl (C=O) groups is 2. The van der Waals surface area contributed by atoms with Gasteiger partial charge in [-0.3, -0.25) is 9.59 Å². The van der Waals surface area contributed by atoms with E-state index in [4.69, 9.17) is 9.47 Å². The first kappa shape index (κ1) is 21.2. The highest BCUT2D eigenvalue weighted by Crippen LogP contribution is 2.48. The lowest BCUT2D eigenvalue weighted by Gasteiger charge is -2.39. The average Bonchev–Trinajstić information content (AvgIpc) is 3.19. The quantitative estimate of drug-likeness (QED) is 0.730. The standard InChI is InChI=1S/C26H27N3O4/c1-14-7-8-27-21(9-14)29-25(31)22-15(2)28-17-11-26(3,4)12-18(30)24(17)23(22)16-5-6-19-20(10-16)33-13-32-19/h5-10,23,28H,11-13H2,1-4H3,(H,27,29,31)/t23-/m1/s1. The Balaban J connectivity index is 1.61. The zero-order valence-electron chi connectivity index (χ0n) is 19.2. The summed E-state index contributed by atoms with van der Waals surface area (Å²) in [6, 6.07) is 9.31. The molecule has 0 spiro atoms. The summed E-state index contributed by atoms with van der Waals surface area (Å²) in [4.78, 5) is 31.3. The van der Waals surface area contributed by atoms with Gasteiger partial charge in [0.25, 0.3) is 5.91 Å². The number of allylic oxidation sites excluding steroid dienone is 3. The van der Waals surface area contributed by atoms with Crippen LogP contribution in [0.5, 0.6) is 11.5 Å². The molecule has 5 rings (SSSR count). The minimum absolute atomic E-state index is 0.0582. The van der Waals surface area contributed by atoms with E-state index in [2.05, 4.69) is 29.5 Å². The molecular weight excluding hydrogens is 418 g/mol. The highest BCUT2D eigenvalue weighted by Gasteiger charge is 2.43. The van der Waals surface area contributed by atoms with Crippen LogP contribution in [0.2, 0.25) is 0 Å². The van der Waals surface area contributed by atoms with Gasteiger partial charge in [0.15, 0.2) is 17.3 Å². The number of aryl methyl sites for hydroxylation is 1. The summed E-state index contributed by atoms with van der Waals surface area (Å²) in [6.07, 6.45) is 2.83. The van der Waals surface area contributed by atoms with Crippen molar-refractivity contribution in [1.82, 2.24) is 10.3 Å². The maximum Gasteiger partial charge on any atom is 0.255 e. The Morgan fingerprint density at radius 2 is 1.91 bits per heavy atom. The summed E-state index contributed by atoms with van der Waals surface area (Å²) < 4.78 is 11.1. The summed E-state index contributed by atoms with van der Waals surface area (Å²) >= 11 is 0. The Morgan fingerprint density at radius 1 is 1.12 bits per heavy atom. The number of hydrogen-bond donors (Lipinski definition) is 2. The van der Waals surface area contributed by atoms with Crippen molar-refractivity contribution in [3.63, 3.8) is 0 Å². The van der Waals surface area contributed by atoms with Gasteiger partial charge < -0.3 is 20.1 Å². The molecule has 1 aromatic heterocycles. The number of nitrogens with zero attached hydrogens (tertiary/aromatic N) is 1. The predicted molar refractivity (Wildman–Crippen MR) is 124 cm³/mol. The molecular formula is C26H27N3O4. The summed E-state index contributed by atoms with van der Waals surface area (Å²) in [7, 11) is 0. The number of carbonyl (C=O) groups excluding carboxylic acids is 2. The molecule has 7 heteroatoms. The van der Waals surface area contributed by atoms with Crippen LogP contribution in [-0.4, -0.2) is 23.5 Å². The summed E-state index contributed by atoms with van der Waals surface area (Å²) in [5, 5.41) is 6.31. The summed E-state index contributed by atoms with van der Waals surface area (Å²) in [5.74, 6) is 1.01. The van der Waals surface area contributed by atoms with Crippen LogP contribution in [0.1, 0.15) is 50.7 Å². The number of benzene rings is 1. The first-order valence-electron chi connectivity index (χ1n) is 11.1. The highest BCUT2D eigenvalue weighted by atomic mass is 16.7. The molecule has 0 saturated carbocycles. The largest absolute Gasteiger partial charge is 0.454 e. The molecule has 1 atom stereocenters. The Labute approximate surface area is 192 Å². The average molecular weight is 446 g/mol. The molecule has 3 heterocycles. The lowest BCUT2D eigenvalue weighted by atomic mass is 9.68. The fourth-order valence-corrected chi connectivity index (χ4v) is 4.95. The van der Waals surface area contributed by atoms with Gasteiger partial charge in [0, 0.05) is 41.1 Å². The van der Waals surface area contributed by atoms with Gasteiger partial charge in [-0.2, -0.15) is 0 Å². The second kappa shape index (κ2) is 7.76. The molecule has 1 amide bonds. The highest BCUT2D eigenvalue weighted by molar-refractivity contribution is 6.09. The monoisotopic (exact) mass is 445 g/mol. The Hall–Kier alpha value is -3.61. The van der Waals surface area contributed by atoms with Crippen molar-refractivity contribution in [3.05, 3.63) is 70.2 Å². The van der Waals surface area contributed by atoms with E-state index in [-0.39, 0.29) is 23.9 Å². The summed E-state index contributed by atoms with van der Waals surface area (Å²) in [5.41, 5.74) is 4.45. The Kier molecular flexibility index (Phi) is 5.00. The maximum absolute atomic E-state index is 13.6. The minimum Gasteiger partial charge on any atom is -0.454 e. The van der Waals surface area contributed by atoms with Crippen LogP contribution in [0.25, 0.3) is 0 Å². The van der Waals surface area contributed by atoms with Crippen molar-refractivity contribution in [1.29, 1.82) is 0 Å². The zero-order valence-corrected chi connectivity index (χ0v) is 19.2. The smallest absolute Gasteiger partial charge is 0.255 e. The molecule has 0 unspecified atom stereocenters. The van der Waals surface area contributed by atoms with Gasteiger partial charge in [-0.15, -0.1) is 0 Å². The van der Waals surface area contributed by atoms with Gasteiger partial charge in [-0.25, -0.2) is 4.98 Å². The number of ketones is 1. The number of ether oxygens (including phenoxy) is 2. The van der Waals surface area contributed by atoms with Crippen LogP contribution >= 0.6 is 0 Å². The first-order valence-corrected chi connectivity index (χ1v) is 11.1. The van der Waals surface area contributed by atoms with E-state index in [1.165, 1.54) is 0 Å². The van der Waals surface area contributed by atoms with E-state index in [0.29, 0.717) is 34.9 Å². The van der Waals surface area contributed by atoms with Crippen molar-refractivity contribution >= 4 is 17.5 Å². The van der Waals surface area contributed by atoms with E-state index in [9.17, 15) is 9.59 Å². The zero-order chi connectivity index (χ0) is 23.3. The molecule has 2 aliphatic heterocycles. The number of pyridine rings is 1. The van der Waals surface area contributed by atoms with Crippen LogP contribution in [0.4, 0.5) is 5.82 Å². The fourth-order valence-electron chi connectivity index (χ4n) is 4.95. The summed E-state index contributed by atoms with van der Waals surface area (Å²) in [6.45, 7) is 8.17. The van der Waals surface area contributed by atoms with Crippen LogP contribution in [0.15, 0.2) is 59.1 Å². The number of amides is 1.